The van der Waals surface area contributed by atoms with Gasteiger partial charge in [0.25, 0.3) is 0 Å². The van der Waals surface area contributed by atoms with Crippen molar-refractivity contribution in [2.45, 2.75) is 18.2 Å². The van der Waals surface area contributed by atoms with E-state index in [-0.39, 0.29) is 11.6 Å². The monoisotopic (exact) mass is 271 g/mol. The van der Waals surface area contributed by atoms with Gasteiger partial charge in [-0.25, -0.2) is 8.42 Å². The summed E-state index contributed by atoms with van der Waals surface area (Å²) in [5.74, 6) is 0.673. The van der Waals surface area contributed by atoms with Crippen LogP contribution in [0.2, 0.25) is 0 Å². The molecule has 5 nitrogen and oxygen atoms in total. The summed E-state index contributed by atoms with van der Waals surface area (Å²) in [7, 11) is -3.44. The minimum absolute atomic E-state index is 0.134. The normalized spacial score (nSPS) is 17.6. The first-order valence-electron chi connectivity index (χ1n) is 5.95. The van der Waals surface area contributed by atoms with E-state index < -0.39 is 10.0 Å². The SMILES string of the molecule is CCOc1ccc(S(=O)(=O)N2CCCOC2)cc1. The second-order valence-electron chi connectivity index (χ2n) is 3.98. The lowest BCUT2D eigenvalue weighted by atomic mass is 10.3. The Morgan fingerprint density at radius 3 is 2.61 bits per heavy atom. The highest BCUT2D eigenvalue weighted by atomic mass is 32.2. The lowest BCUT2D eigenvalue weighted by Gasteiger charge is -2.25. The van der Waals surface area contributed by atoms with Crippen LogP contribution in [0.25, 0.3) is 0 Å². The molecule has 1 heterocycles. The van der Waals surface area contributed by atoms with Gasteiger partial charge in [-0.2, -0.15) is 4.31 Å². The topological polar surface area (TPSA) is 55.8 Å². The molecule has 18 heavy (non-hydrogen) atoms. The summed E-state index contributed by atoms with van der Waals surface area (Å²) in [6.45, 7) is 3.71. The van der Waals surface area contributed by atoms with Crippen LogP contribution in [0.3, 0.4) is 0 Å². The molecular formula is C12H17NO4S. The average Bonchev–Trinajstić information content (AvgIpc) is 2.41. The molecular weight excluding hydrogens is 254 g/mol. The molecule has 0 aliphatic carbocycles. The summed E-state index contributed by atoms with van der Waals surface area (Å²) in [5.41, 5.74) is 0. The Bertz CT molecular complexity index is 477. The Hall–Kier alpha value is -1.11. The minimum atomic E-state index is -3.44. The van der Waals surface area contributed by atoms with E-state index in [4.69, 9.17) is 9.47 Å². The molecule has 2 rings (SSSR count). The fourth-order valence-electron chi connectivity index (χ4n) is 1.79. The Labute approximate surface area is 107 Å². The van der Waals surface area contributed by atoms with Gasteiger partial charge in [-0.1, -0.05) is 0 Å². The molecule has 0 radical (unpaired) electrons. The predicted octanol–water partition coefficient (Wildman–Crippen LogP) is 1.45. The van der Waals surface area contributed by atoms with Crippen LogP contribution in [0.4, 0.5) is 0 Å². The van der Waals surface area contributed by atoms with E-state index in [2.05, 4.69) is 0 Å². The van der Waals surface area contributed by atoms with Crippen LogP contribution in [0.15, 0.2) is 29.2 Å². The van der Waals surface area contributed by atoms with Crippen molar-refractivity contribution in [3.8, 4) is 5.75 Å². The second-order valence-corrected chi connectivity index (χ2v) is 5.91. The number of rotatable bonds is 4. The van der Waals surface area contributed by atoms with E-state index in [1.807, 2.05) is 6.92 Å². The van der Waals surface area contributed by atoms with Crippen LogP contribution in [-0.2, 0) is 14.8 Å². The molecule has 0 unspecified atom stereocenters. The highest BCUT2D eigenvalue weighted by molar-refractivity contribution is 7.89. The number of nitrogens with zero attached hydrogens (tertiary/aromatic N) is 1. The Morgan fingerprint density at radius 1 is 1.33 bits per heavy atom. The number of ether oxygens (including phenoxy) is 2. The third-order valence-corrected chi connectivity index (χ3v) is 4.54. The van der Waals surface area contributed by atoms with Gasteiger partial charge in [0.2, 0.25) is 10.0 Å². The van der Waals surface area contributed by atoms with E-state index in [0.29, 0.717) is 25.5 Å². The number of hydrogen-bond acceptors (Lipinski definition) is 4. The van der Waals surface area contributed by atoms with Crippen molar-refractivity contribution in [2.75, 3.05) is 26.5 Å². The maximum absolute atomic E-state index is 12.3. The van der Waals surface area contributed by atoms with Crippen molar-refractivity contribution in [3.05, 3.63) is 24.3 Å². The van der Waals surface area contributed by atoms with Crippen molar-refractivity contribution in [2.24, 2.45) is 0 Å². The number of hydrogen-bond donors (Lipinski definition) is 0. The minimum Gasteiger partial charge on any atom is -0.494 e. The lowest BCUT2D eigenvalue weighted by Crippen LogP contribution is -2.38. The molecule has 1 aliphatic heterocycles. The third-order valence-electron chi connectivity index (χ3n) is 2.70. The van der Waals surface area contributed by atoms with Crippen molar-refractivity contribution < 1.29 is 17.9 Å². The smallest absolute Gasteiger partial charge is 0.245 e. The lowest BCUT2D eigenvalue weighted by molar-refractivity contribution is 0.0313. The van der Waals surface area contributed by atoms with E-state index in [9.17, 15) is 8.42 Å². The third kappa shape index (κ3) is 2.82. The van der Waals surface area contributed by atoms with Crippen LogP contribution < -0.4 is 4.74 Å². The molecule has 1 aromatic rings. The van der Waals surface area contributed by atoms with Gasteiger partial charge in [0, 0.05) is 13.2 Å². The summed E-state index contributed by atoms with van der Waals surface area (Å²) in [6, 6.07) is 6.46. The highest BCUT2D eigenvalue weighted by Crippen LogP contribution is 2.21. The summed E-state index contributed by atoms with van der Waals surface area (Å²) < 4.78 is 36.3. The van der Waals surface area contributed by atoms with Crippen molar-refractivity contribution in [1.29, 1.82) is 0 Å². The fraction of sp³-hybridized carbons (Fsp3) is 0.500. The molecule has 0 aromatic heterocycles. The summed E-state index contributed by atoms with van der Waals surface area (Å²) in [6.07, 6.45) is 0.732. The quantitative estimate of drug-likeness (QED) is 0.832. The Balaban J connectivity index is 2.18. The zero-order valence-corrected chi connectivity index (χ0v) is 11.1. The number of benzene rings is 1. The zero-order valence-electron chi connectivity index (χ0n) is 10.3. The standard InChI is InChI=1S/C12H17NO4S/c1-2-17-11-4-6-12(7-5-11)18(14,15)13-8-3-9-16-10-13/h4-7H,2-3,8-10H2,1H3. The van der Waals surface area contributed by atoms with Gasteiger partial charge in [-0.3, -0.25) is 0 Å². The Kier molecular flexibility index (Phi) is 4.21. The maximum atomic E-state index is 12.3. The molecule has 6 heteroatoms. The summed E-state index contributed by atoms with van der Waals surface area (Å²) >= 11 is 0. The van der Waals surface area contributed by atoms with Gasteiger partial charge in [-0.05, 0) is 37.6 Å². The maximum Gasteiger partial charge on any atom is 0.245 e. The van der Waals surface area contributed by atoms with Crippen LogP contribution in [0, 0.1) is 0 Å². The first-order chi connectivity index (χ1) is 8.64. The molecule has 0 atom stereocenters. The van der Waals surface area contributed by atoms with E-state index in [1.165, 1.54) is 4.31 Å². The zero-order chi connectivity index (χ0) is 13.0. The van der Waals surface area contributed by atoms with Crippen LogP contribution in [-0.4, -0.2) is 39.2 Å². The van der Waals surface area contributed by atoms with E-state index >= 15 is 0 Å². The molecule has 0 N–H and O–H groups in total. The molecule has 1 aliphatic rings. The van der Waals surface area contributed by atoms with E-state index in [0.717, 1.165) is 6.42 Å². The molecule has 1 aromatic carbocycles. The van der Waals surface area contributed by atoms with Crippen LogP contribution in [0.5, 0.6) is 5.75 Å². The van der Waals surface area contributed by atoms with Crippen molar-refractivity contribution >= 4 is 10.0 Å². The molecule has 0 spiro atoms. The highest BCUT2D eigenvalue weighted by Gasteiger charge is 2.26. The van der Waals surface area contributed by atoms with Gasteiger partial charge >= 0.3 is 0 Å². The van der Waals surface area contributed by atoms with Crippen LogP contribution >= 0.6 is 0 Å². The average molecular weight is 271 g/mol. The van der Waals surface area contributed by atoms with E-state index in [1.54, 1.807) is 24.3 Å². The molecule has 1 saturated heterocycles. The van der Waals surface area contributed by atoms with Gasteiger partial charge in [0.05, 0.1) is 11.5 Å². The Morgan fingerprint density at radius 2 is 2.06 bits per heavy atom. The van der Waals surface area contributed by atoms with Gasteiger partial charge in [0.1, 0.15) is 12.5 Å². The second kappa shape index (κ2) is 5.69. The predicted molar refractivity (Wildman–Crippen MR) is 66.9 cm³/mol. The van der Waals surface area contributed by atoms with Crippen molar-refractivity contribution in [3.63, 3.8) is 0 Å². The largest absolute Gasteiger partial charge is 0.494 e. The summed E-state index contributed by atoms with van der Waals surface area (Å²) in [5, 5.41) is 0. The first-order valence-corrected chi connectivity index (χ1v) is 7.39. The number of sulfonamides is 1. The molecule has 0 amide bonds. The van der Waals surface area contributed by atoms with Gasteiger partial charge in [0.15, 0.2) is 0 Å². The van der Waals surface area contributed by atoms with Gasteiger partial charge < -0.3 is 9.47 Å². The van der Waals surface area contributed by atoms with Crippen LogP contribution in [0.1, 0.15) is 13.3 Å². The van der Waals surface area contributed by atoms with Gasteiger partial charge in [-0.15, -0.1) is 0 Å². The molecule has 1 fully saturated rings. The summed E-state index contributed by atoms with van der Waals surface area (Å²) in [4.78, 5) is 0.274. The first kappa shape index (κ1) is 13.3. The molecule has 100 valence electrons. The molecule has 0 saturated carbocycles. The molecule has 0 bridgehead atoms. The fourth-order valence-corrected chi connectivity index (χ4v) is 3.15. The van der Waals surface area contributed by atoms with Crippen molar-refractivity contribution in [1.82, 2.24) is 4.31 Å².